The van der Waals surface area contributed by atoms with E-state index in [-0.39, 0.29) is 6.04 Å². The summed E-state index contributed by atoms with van der Waals surface area (Å²) >= 11 is 7.20. The van der Waals surface area contributed by atoms with Crippen molar-refractivity contribution in [3.8, 4) is 0 Å². The lowest BCUT2D eigenvalue weighted by molar-refractivity contribution is 0.618. The average molecular weight is 295 g/mol. The van der Waals surface area contributed by atoms with Gasteiger partial charge in [0.15, 0.2) is 0 Å². The minimum atomic E-state index is 0.265. The molecule has 80 valence electrons. The predicted molar refractivity (Wildman–Crippen MR) is 69.7 cm³/mol. The topological polar surface area (TPSA) is 38.0 Å². The zero-order valence-corrected chi connectivity index (χ0v) is 11.3. The van der Waals surface area contributed by atoms with E-state index in [0.717, 1.165) is 10.2 Å². The highest BCUT2D eigenvalue weighted by Gasteiger charge is 2.13. The normalized spacial score (nSPS) is 13.1. The molecule has 1 aromatic rings. The molecule has 5 heteroatoms. The van der Waals surface area contributed by atoms with Gasteiger partial charge in [0.2, 0.25) is 0 Å². The Bertz CT molecular complexity index is 265. The van der Waals surface area contributed by atoms with Gasteiger partial charge in [0, 0.05) is 15.1 Å². The number of nitrogens with two attached hydrogens (primary N) is 1. The van der Waals surface area contributed by atoms with Gasteiger partial charge >= 0.3 is 0 Å². The summed E-state index contributed by atoms with van der Waals surface area (Å²) in [6.45, 7) is 2.19. The maximum absolute atomic E-state index is 5.54. The summed E-state index contributed by atoms with van der Waals surface area (Å²) in [5, 5.41) is 2.08. The molecule has 0 bridgehead atoms. The van der Waals surface area contributed by atoms with E-state index in [1.54, 1.807) is 11.3 Å². The van der Waals surface area contributed by atoms with Crippen LogP contribution in [0.5, 0.6) is 0 Å². The van der Waals surface area contributed by atoms with E-state index in [1.165, 1.54) is 17.1 Å². The van der Waals surface area contributed by atoms with Crippen molar-refractivity contribution in [1.29, 1.82) is 0 Å². The molecule has 0 aliphatic rings. The molecule has 3 N–H and O–H groups in total. The van der Waals surface area contributed by atoms with E-state index in [9.17, 15) is 0 Å². The molecule has 0 fully saturated rings. The first-order valence-corrected chi connectivity index (χ1v) is 7.39. The zero-order chi connectivity index (χ0) is 10.4. The van der Waals surface area contributed by atoms with Gasteiger partial charge in [0.1, 0.15) is 0 Å². The van der Waals surface area contributed by atoms with Crippen LogP contribution in [0.4, 0.5) is 0 Å². The summed E-state index contributed by atoms with van der Waals surface area (Å²) in [6.07, 6.45) is 1.22. The van der Waals surface area contributed by atoms with Gasteiger partial charge in [-0.1, -0.05) is 6.92 Å². The third kappa shape index (κ3) is 3.55. The molecule has 0 spiro atoms. The van der Waals surface area contributed by atoms with Crippen molar-refractivity contribution in [2.75, 3.05) is 11.5 Å². The van der Waals surface area contributed by atoms with Crippen molar-refractivity contribution in [2.24, 2.45) is 5.84 Å². The van der Waals surface area contributed by atoms with Crippen LogP contribution in [0.2, 0.25) is 0 Å². The minimum absolute atomic E-state index is 0.265. The van der Waals surface area contributed by atoms with E-state index >= 15 is 0 Å². The van der Waals surface area contributed by atoms with Gasteiger partial charge in [-0.3, -0.25) is 11.3 Å². The molecule has 0 saturated carbocycles. The van der Waals surface area contributed by atoms with E-state index in [0.29, 0.717) is 0 Å². The minimum Gasteiger partial charge on any atom is -0.271 e. The Hall–Kier alpha value is 0.450. The molecule has 1 rings (SSSR count). The second-order valence-electron chi connectivity index (χ2n) is 2.93. The van der Waals surface area contributed by atoms with Crippen LogP contribution in [-0.4, -0.2) is 11.5 Å². The fourth-order valence-corrected chi connectivity index (χ4v) is 3.87. The SMILES string of the molecule is CCCSCC(NN)c1sccc1Br. The second kappa shape index (κ2) is 6.85. The van der Waals surface area contributed by atoms with E-state index < -0.39 is 0 Å². The summed E-state index contributed by atoms with van der Waals surface area (Å²) in [4.78, 5) is 1.29. The molecule has 14 heavy (non-hydrogen) atoms. The van der Waals surface area contributed by atoms with Gasteiger partial charge in [-0.25, -0.2) is 0 Å². The Morgan fingerprint density at radius 1 is 1.71 bits per heavy atom. The highest BCUT2D eigenvalue weighted by Crippen LogP contribution is 2.30. The largest absolute Gasteiger partial charge is 0.271 e. The van der Waals surface area contributed by atoms with Gasteiger partial charge in [-0.15, -0.1) is 11.3 Å². The summed E-state index contributed by atoms with van der Waals surface area (Å²) < 4.78 is 1.16. The van der Waals surface area contributed by atoms with E-state index in [4.69, 9.17) is 5.84 Å². The third-order valence-electron chi connectivity index (χ3n) is 1.80. The summed E-state index contributed by atoms with van der Waals surface area (Å²) in [6, 6.07) is 2.33. The highest BCUT2D eigenvalue weighted by atomic mass is 79.9. The first-order valence-electron chi connectivity index (χ1n) is 4.56. The van der Waals surface area contributed by atoms with Gasteiger partial charge in [-0.2, -0.15) is 11.8 Å². The van der Waals surface area contributed by atoms with Crippen molar-refractivity contribution in [1.82, 2.24) is 5.43 Å². The number of hydrazine groups is 1. The van der Waals surface area contributed by atoms with Gasteiger partial charge in [0.25, 0.3) is 0 Å². The van der Waals surface area contributed by atoms with Crippen LogP contribution in [0.1, 0.15) is 24.3 Å². The molecular formula is C9H15BrN2S2. The molecule has 0 aliphatic carbocycles. The summed E-state index contributed by atoms with van der Waals surface area (Å²) in [5.41, 5.74) is 2.86. The number of halogens is 1. The lowest BCUT2D eigenvalue weighted by atomic mass is 10.3. The van der Waals surface area contributed by atoms with Crippen molar-refractivity contribution < 1.29 is 0 Å². The zero-order valence-electron chi connectivity index (χ0n) is 8.13. The molecule has 0 amide bonds. The number of thiophene rings is 1. The standard InChI is InChI=1S/C9H15BrN2S2/c1-2-4-13-6-8(12-11)9-7(10)3-5-14-9/h3,5,8,12H,2,4,6,11H2,1H3. The number of rotatable bonds is 6. The lowest BCUT2D eigenvalue weighted by Crippen LogP contribution is -2.29. The van der Waals surface area contributed by atoms with Gasteiger partial charge in [-0.05, 0) is 39.6 Å². The maximum atomic E-state index is 5.54. The maximum Gasteiger partial charge on any atom is 0.0654 e. The predicted octanol–water partition coefficient (Wildman–Crippen LogP) is 3.16. The quantitative estimate of drug-likeness (QED) is 0.481. The second-order valence-corrected chi connectivity index (χ2v) is 5.88. The van der Waals surface area contributed by atoms with Gasteiger partial charge in [0.05, 0.1) is 6.04 Å². The van der Waals surface area contributed by atoms with Crippen LogP contribution >= 0.6 is 39.0 Å². The molecule has 1 heterocycles. The molecule has 1 aromatic heterocycles. The first-order chi connectivity index (χ1) is 6.79. The van der Waals surface area contributed by atoms with Crippen LogP contribution in [0.3, 0.4) is 0 Å². The van der Waals surface area contributed by atoms with E-state index in [2.05, 4.69) is 39.7 Å². The Kier molecular flexibility index (Phi) is 6.12. The monoisotopic (exact) mass is 294 g/mol. The number of hydrogen-bond acceptors (Lipinski definition) is 4. The fraction of sp³-hybridized carbons (Fsp3) is 0.556. The molecule has 0 radical (unpaired) electrons. The van der Waals surface area contributed by atoms with Crippen molar-refractivity contribution in [2.45, 2.75) is 19.4 Å². The van der Waals surface area contributed by atoms with Crippen molar-refractivity contribution in [3.63, 3.8) is 0 Å². The van der Waals surface area contributed by atoms with E-state index in [1.807, 2.05) is 11.8 Å². The summed E-state index contributed by atoms with van der Waals surface area (Å²) in [5.74, 6) is 7.76. The highest BCUT2D eigenvalue weighted by molar-refractivity contribution is 9.10. The molecule has 0 saturated heterocycles. The van der Waals surface area contributed by atoms with Crippen molar-refractivity contribution >= 4 is 39.0 Å². The van der Waals surface area contributed by atoms with Crippen LogP contribution in [0.25, 0.3) is 0 Å². The lowest BCUT2D eigenvalue weighted by Gasteiger charge is -2.14. The number of hydrogen-bond donors (Lipinski definition) is 2. The molecular weight excluding hydrogens is 280 g/mol. The Balaban J connectivity index is 2.50. The third-order valence-corrected chi connectivity index (χ3v) is 5.05. The fourth-order valence-electron chi connectivity index (χ4n) is 1.10. The van der Waals surface area contributed by atoms with Crippen LogP contribution in [-0.2, 0) is 0 Å². The molecule has 0 aromatic carbocycles. The Morgan fingerprint density at radius 3 is 3.00 bits per heavy atom. The molecule has 0 aliphatic heterocycles. The van der Waals surface area contributed by atoms with Crippen LogP contribution < -0.4 is 11.3 Å². The smallest absolute Gasteiger partial charge is 0.0654 e. The molecule has 2 nitrogen and oxygen atoms in total. The Morgan fingerprint density at radius 2 is 2.50 bits per heavy atom. The molecule has 1 unspecified atom stereocenters. The first kappa shape index (κ1) is 12.5. The van der Waals surface area contributed by atoms with Crippen molar-refractivity contribution in [3.05, 3.63) is 20.8 Å². The average Bonchev–Trinajstić information content (AvgIpc) is 2.60. The number of nitrogens with one attached hydrogen (secondary N) is 1. The number of thioether (sulfide) groups is 1. The Labute approximate surface area is 102 Å². The van der Waals surface area contributed by atoms with Crippen LogP contribution in [0, 0.1) is 0 Å². The summed E-state index contributed by atoms with van der Waals surface area (Å²) in [7, 11) is 0. The molecule has 1 atom stereocenters. The van der Waals surface area contributed by atoms with Crippen LogP contribution in [0.15, 0.2) is 15.9 Å². The van der Waals surface area contributed by atoms with Gasteiger partial charge < -0.3 is 0 Å².